The summed E-state index contributed by atoms with van der Waals surface area (Å²) in [5.41, 5.74) is -0.625. The monoisotopic (exact) mass is 272 g/mol. The van der Waals surface area contributed by atoms with Crippen LogP contribution in [0.5, 0.6) is 0 Å². The van der Waals surface area contributed by atoms with E-state index in [2.05, 4.69) is 10.6 Å². The molecule has 1 heterocycles. The number of carboxylic acid groups (broad SMARTS) is 1. The van der Waals surface area contributed by atoms with Gasteiger partial charge in [-0.1, -0.05) is 0 Å². The zero-order valence-electron chi connectivity index (χ0n) is 11.9. The Kier molecular flexibility index (Phi) is 5.60. The molecule has 0 aromatic carbocycles. The number of ether oxygens (including phenoxy) is 1. The lowest BCUT2D eigenvalue weighted by Crippen LogP contribution is -2.45. The first kappa shape index (κ1) is 15.8. The molecule has 1 aliphatic rings. The van der Waals surface area contributed by atoms with E-state index in [4.69, 9.17) is 9.84 Å². The maximum atomic E-state index is 11.6. The van der Waals surface area contributed by atoms with Crippen molar-refractivity contribution in [1.82, 2.24) is 10.6 Å². The Labute approximate surface area is 113 Å². The Balaban J connectivity index is 2.48. The highest BCUT2D eigenvalue weighted by Crippen LogP contribution is 2.16. The lowest BCUT2D eigenvalue weighted by Gasteiger charge is -2.27. The second-order valence-corrected chi connectivity index (χ2v) is 5.99. The molecular formula is C13H24N2O4. The molecule has 0 saturated carbocycles. The van der Waals surface area contributed by atoms with Gasteiger partial charge in [-0.25, -0.2) is 9.59 Å². The van der Waals surface area contributed by atoms with Crippen molar-refractivity contribution in [3.05, 3.63) is 0 Å². The van der Waals surface area contributed by atoms with Gasteiger partial charge in [-0.2, -0.15) is 0 Å². The molecule has 2 atom stereocenters. The maximum Gasteiger partial charge on any atom is 0.408 e. The van der Waals surface area contributed by atoms with Crippen molar-refractivity contribution < 1.29 is 19.4 Å². The van der Waals surface area contributed by atoms with E-state index in [1.165, 1.54) is 0 Å². The summed E-state index contributed by atoms with van der Waals surface area (Å²) in [7, 11) is 0. The highest BCUT2D eigenvalue weighted by atomic mass is 16.6. The fourth-order valence-electron chi connectivity index (χ4n) is 2.13. The molecule has 0 bridgehead atoms. The van der Waals surface area contributed by atoms with Gasteiger partial charge in [0, 0.05) is 0 Å². The van der Waals surface area contributed by atoms with E-state index in [0.29, 0.717) is 6.42 Å². The first-order valence-electron chi connectivity index (χ1n) is 6.71. The molecule has 1 rings (SSSR count). The number of alkyl carbamates (subject to hydrolysis) is 1. The SMILES string of the molecule is CC(C)(C)OC(=O)N[C@@H](C[C@H]1CCCNC1)C(=O)O. The number of carboxylic acids is 1. The molecule has 0 aromatic heterocycles. The van der Waals surface area contributed by atoms with E-state index in [1.807, 2.05) is 0 Å². The standard InChI is InChI=1S/C13H24N2O4/c1-13(2,3)19-12(18)15-10(11(16)17)7-9-5-4-6-14-8-9/h9-10,14H,4-8H2,1-3H3,(H,15,18)(H,16,17)/t9-,10+/m1/s1. The van der Waals surface area contributed by atoms with Crippen LogP contribution in [0.15, 0.2) is 0 Å². The van der Waals surface area contributed by atoms with Crippen LogP contribution in [0.1, 0.15) is 40.0 Å². The molecule has 0 radical (unpaired) electrons. The Morgan fingerprint density at radius 2 is 2.16 bits per heavy atom. The van der Waals surface area contributed by atoms with Crippen LogP contribution in [0.4, 0.5) is 4.79 Å². The predicted octanol–water partition coefficient (Wildman–Crippen LogP) is 1.35. The first-order valence-corrected chi connectivity index (χ1v) is 6.71. The van der Waals surface area contributed by atoms with Gasteiger partial charge in [-0.05, 0) is 59.0 Å². The van der Waals surface area contributed by atoms with Gasteiger partial charge in [0.05, 0.1) is 0 Å². The van der Waals surface area contributed by atoms with Crippen LogP contribution in [-0.2, 0) is 9.53 Å². The van der Waals surface area contributed by atoms with E-state index in [-0.39, 0.29) is 5.92 Å². The number of rotatable bonds is 4. The normalized spacial score (nSPS) is 21.5. The van der Waals surface area contributed by atoms with Crippen LogP contribution in [0.2, 0.25) is 0 Å². The molecule has 1 saturated heterocycles. The van der Waals surface area contributed by atoms with E-state index in [0.717, 1.165) is 25.9 Å². The lowest BCUT2D eigenvalue weighted by atomic mass is 9.92. The van der Waals surface area contributed by atoms with Crippen LogP contribution >= 0.6 is 0 Å². The van der Waals surface area contributed by atoms with Gasteiger partial charge in [0.25, 0.3) is 0 Å². The number of carbonyl (C=O) groups excluding carboxylic acids is 1. The number of hydrogen-bond donors (Lipinski definition) is 3. The van der Waals surface area contributed by atoms with Crippen molar-refractivity contribution in [2.75, 3.05) is 13.1 Å². The van der Waals surface area contributed by atoms with Crippen molar-refractivity contribution in [1.29, 1.82) is 0 Å². The summed E-state index contributed by atoms with van der Waals surface area (Å²) in [6.07, 6.45) is 1.79. The largest absolute Gasteiger partial charge is 0.480 e. The molecular weight excluding hydrogens is 248 g/mol. The molecule has 110 valence electrons. The molecule has 1 fully saturated rings. The summed E-state index contributed by atoms with van der Waals surface area (Å²) < 4.78 is 5.08. The van der Waals surface area contributed by atoms with Crippen molar-refractivity contribution in [2.45, 2.75) is 51.7 Å². The van der Waals surface area contributed by atoms with Gasteiger partial charge < -0.3 is 20.5 Å². The van der Waals surface area contributed by atoms with Crippen LogP contribution in [0.25, 0.3) is 0 Å². The van der Waals surface area contributed by atoms with Crippen LogP contribution in [0, 0.1) is 5.92 Å². The fourth-order valence-corrected chi connectivity index (χ4v) is 2.13. The Bertz CT molecular complexity index is 319. The minimum Gasteiger partial charge on any atom is -0.480 e. The van der Waals surface area contributed by atoms with Crippen molar-refractivity contribution in [3.8, 4) is 0 Å². The Morgan fingerprint density at radius 3 is 2.63 bits per heavy atom. The van der Waals surface area contributed by atoms with Crippen LogP contribution in [0.3, 0.4) is 0 Å². The number of carbonyl (C=O) groups is 2. The fraction of sp³-hybridized carbons (Fsp3) is 0.846. The van der Waals surface area contributed by atoms with Crippen LogP contribution < -0.4 is 10.6 Å². The quantitative estimate of drug-likeness (QED) is 0.719. The zero-order valence-corrected chi connectivity index (χ0v) is 11.9. The number of aliphatic carboxylic acids is 1. The number of amides is 1. The topological polar surface area (TPSA) is 87.7 Å². The Hall–Kier alpha value is -1.30. The third kappa shape index (κ3) is 6.42. The molecule has 3 N–H and O–H groups in total. The summed E-state index contributed by atoms with van der Waals surface area (Å²) in [6.45, 7) is 7.02. The van der Waals surface area contributed by atoms with Crippen molar-refractivity contribution in [2.24, 2.45) is 5.92 Å². The molecule has 0 spiro atoms. The molecule has 0 unspecified atom stereocenters. The van der Waals surface area contributed by atoms with Gasteiger partial charge in [0.2, 0.25) is 0 Å². The van der Waals surface area contributed by atoms with E-state index in [1.54, 1.807) is 20.8 Å². The summed E-state index contributed by atoms with van der Waals surface area (Å²) in [6, 6.07) is -0.889. The molecule has 0 aliphatic carbocycles. The summed E-state index contributed by atoms with van der Waals surface area (Å²) in [5.74, 6) is -0.735. The first-order chi connectivity index (χ1) is 8.78. The predicted molar refractivity (Wildman–Crippen MR) is 71.0 cm³/mol. The molecule has 0 aromatic rings. The highest BCUT2D eigenvalue weighted by molar-refractivity contribution is 5.80. The summed E-state index contributed by atoms with van der Waals surface area (Å²) in [4.78, 5) is 22.8. The highest BCUT2D eigenvalue weighted by Gasteiger charge is 2.27. The van der Waals surface area contributed by atoms with E-state index < -0.39 is 23.7 Å². The minimum atomic E-state index is -1.02. The molecule has 1 amide bonds. The molecule has 1 aliphatic heterocycles. The second-order valence-electron chi connectivity index (χ2n) is 5.99. The summed E-state index contributed by atoms with van der Waals surface area (Å²) in [5, 5.41) is 14.8. The van der Waals surface area contributed by atoms with Gasteiger partial charge in [-0.15, -0.1) is 0 Å². The third-order valence-corrected chi connectivity index (χ3v) is 2.96. The van der Waals surface area contributed by atoms with Crippen molar-refractivity contribution in [3.63, 3.8) is 0 Å². The van der Waals surface area contributed by atoms with Crippen molar-refractivity contribution >= 4 is 12.1 Å². The average Bonchev–Trinajstić information content (AvgIpc) is 2.26. The maximum absolute atomic E-state index is 11.6. The van der Waals surface area contributed by atoms with E-state index in [9.17, 15) is 9.59 Å². The van der Waals surface area contributed by atoms with Gasteiger partial charge >= 0.3 is 12.1 Å². The lowest BCUT2D eigenvalue weighted by molar-refractivity contribution is -0.140. The van der Waals surface area contributed by atoms with Gasteiger partial charge in [0.15, 0.2) is 0 Å². The smallest absolute Gasteiger partial charge is 0.408 e. The number of piperidine rings is 1. The van der Waals surface area contributed by atoms with Crippen LogP contribution in [-0.4, -0.2) is 41.9 Å². The zero-order chi connectivity index (χ0) is 14.5. The molecule has 6 heteroatoms. The average molecular weight is 272 g/mol. The Morgan fingerprint density at radius 1 is 1.47 bits per heavy atom. The number of hydrogen-bond acceptors (Lipinski definition) is 4. The molecule has 19 heavy (non-hydrogen) atoms. The number of nitrogens with one attached hydrogen (secondary N) is 2. The van der Waals surface area contributed by atoms with Gasteiger partial charge in [0.1, 0.15) is 11.6 Å². The molecule has 6 nitrogen and oxygen atoms in total. The summed E-state index contributed by atoms with van der Waals surface area (Å²) >= 11 is 0. The minimum absolute atomic E-state index is 0.282. The third-order valence-electron chi connectivity index (χ3n) is 2.96. The van der Waals surface area contributed by atoms with E-state index >= 15 is 0 Å². The second kappa shape index (κ2) is 6.75. The van der Waals surface area contributed by atoms with Gasteiger partial charge in [-0.3, -0.25) is 0 Å².